The maximum Gasteiger partial charge on any atom is 0.319 e. The summed E-state index contributed by atoms with van der Waals surface area (Å²) in [6.45, 7) is 1.70. The van der Waals surface area contributed by atoms with Gasteiger partial charge in [-0.05, 0) is 74.0 Å². The predicted molar refractivity (Wildman–Crippen MR) is 126 cm³/mol. The van der Waals surface area contributed by atoms with Crippen LogP contribution >= 0.6 is 0 Å². The van der Waals surface area contributed by atoms with E-state index >= 15 is 0 Å². The van der Waals surface area contributed by atoms with E-state index in [0.717, 1.165) is 25.9 Å². The zero-order chi connectivity index (χ0) is 23.5. The van der Waals surface area contributed by atoms with E-state index in [9.17, 15) is 13.6 Å². The number of carbonyl (C=O) groups is 1. The van der Waals surface area contributed by atoms with Gasteiger partial charge >= 0.3 is 6.03 Å². The Labute approximate surface area is 194 Å². The first-order valence-electron chi connectivity index (χ1n) is 11.0. The van der Waals surface area contributed by atoms with Crippen LogP contribution in [0.4, 0.5) is 19.3 Å². The van der Waals surface area contributed by atoms with Gasteiger partial charge < -0.3 is 16.0 Å². The van der Waals surface area contributed by atoms with E-state index < -0.39 is 0 Å². The Morgan fingerprint density at radius 3 is 2.21 bits per heavy atom. The van der Waals surface area contributed by atoms with Crippen LogP contribution in [0, 0.1) is 11.6 Å². The Hall–Kier alpha value is -3.98. The van der Waals surface area contributed by atoms with Gasteiger partial charge in [-0.1, -0.05) is 0 Å². The zero-order valence-electron chi connectivity index (χ0n) is 18.2. The van der Waals surface area contributed by atoms with Gasteiger partial charge in [-0.15, -0.1) is 0 Å². The Balaban J connectivity index is 1.50. The molecule has 5 rings (SSSR count). The van der Waals surface area contributed by atoms with E-state index in [1.165, 1.54) is 30.5 Å². The van der Waals surface area contributed by atoms with Crippen LogP contribution in [-0.2, 0) is 0 Å². The number of fused-ring (bicyclic) bond motifs is 1. The third-order valence-corrected chi connectivity index (χ3v) is 5.65. The fourth-order valence-corrected chi connectivity index (χ4v) is 3.96. The zero-order valence-corrected chi connectivity index (χ0v) is 18.2. The molecule has 1 atom stereocenters. The second kappa shape index (κ2) is 9.48. The minimum atomic E-state index is -0.367. The first-order valence-corrected chi connectivity index (χ1v) is 11.0. The van der Waals surface area contributed by atoms with Crippen LogP contribution in [0.15, 0.2) is 60.8 Å². The number of pyridine rings is 1. The number of benzene rings is 2. The molecule has 1 aliphatic heterocycles. The molecule has 0 saturated carbocycles. The van der Waals surface area contributed by atoms with Crippen LogP contribution in [0.5, 0.6) is 0 Å². The molecule has 2 amide bonds. The Morgan fingerprint density at radius 2 is 1.59 bits per heavy atom. The molecular formula is C25H22F2N6O. The lowest BCUT2D eigenvalue weighted by Crippen LogP contribution is -2.47. The van der Waals surface area contributed by atoms with Gasteiger partial charge in [0.15, 0.2) is 5.65 Å². The molecule has 0 spiro atoms. The Morgan fingerprint density at radius 1 is 0.941 bits per heavy atom. The summed E-state index contributed by atoms with van der Waals surface area (Å²) < 4.78 is 27.0. The summed E-state index contributed by atoms with van der Waals surface area (Å²) in [5.41, 5.74) is 3.60. The SMILES string of the molecule is O=C(Nc1cnc2nc(-c3ccc(F)cc3)c(-c3ccc(F)cc3)nc2c1)NC1CCCNC1. The highest BCUT2D eigenvalue weighted by molar-refractivity contribution is 5.92. The largest absolute Gasteiger partial charge is 0.334 e. The van der Waals surface area contributed by atoms with Gasteiger partial charge in [-0.25, -0.2) is 28.5 Å². The van der Waals surface area contributed by atoms with Gasteiger partial charge in [-0.3, -0.25) is 0 Å². The maximum absolute atomic E-state index is 13.5. The van der Waals surface area contributed by atoms with Crippen LogP contribution in [0.3, 0.4) is 0 Å². The summed E-state index contributed by atoms with van der Waals surface area (Å²) in [6, 6.07) is 13.3. The second-order valence-electron chi connectivity index (χ2n) is 8.14. The molecule has 2 aromatic heterocycles. The highest BCUT2D eigenvalue weighted by atomic mass is 19.1. The summed E-state index contributed by atoms with van der Waals surface area (Å²) in [7, 11) is 0. The summed E-state index contributed by atoms with van der Waals surface area (Å²) in [4.78, 5) is 26.2. The number of carbonyl (C=O) groups excluding carboxylic acids is 1. The van der Waals surface area contributed by atoms with Gasteiger partial charge in [0, 0.05) is 23.7 Å². The number of urea groups is 1. The molecule has 3 heterocycles. The van der Waals surface area contributed by atoms with Crippen molar-refractivity contribution in [3.8, 4) is 22.5 Å². The lowest BCUT2D eigenvalue weighted by Gasteiger charge is -2.23. The van der Waals surface area contributed by atoms with Gasteiger partial charge in [0.1, 0.15) is 17.2 Å². The van der Waals surface area contributed by atoms with E-state index in [2.05, 4.69) is 25.9 Å². The molecule has 3 N–H and O–H groups in total. The molecule has 0 bridgehead atoms. The van der Waals surface area contributed by atoms with Crippen LogP contribution < -0.4 is 16.0 Å². The average molecular weight is 460 g/mol. The Bertz CT molecular complexity index is 1320. The number of anilines is 1. The molecule has 9 heteroatoms. The van der Waals surface area contributed by atoms with Crippen molar-refractivity contribution >= 4 is 22.9 Å². The monoisotopic (exact) mass is 460 g/mol. The molecule has 0 radical (unpaired) electrons. The molecule has 1 unspecified atom stereocenters. The van der Waals surface area contributed by atoms with E-state index in [1.807, 2.05) is 0 Å². The number of halogens is 2. The number of hydrogen-bond acceptors (Lipinski definition) is 5. The fraction of sp³-hybridized carbons (Fsp3) is 0.200. The van der Waals surface area contributed by atoms with Crippen molar-refractivity contribution < 1.29 is 13.6 Å². The predicted octanol–water partition coefficient (Wildman–Crippen LogP) is 4.51. The summed E-state index contributed by atoms with van der Waals surface area (Å²) in [5.74, 6) is -0.731. The Kier molecular flexibility index (Phi) is 6.09. The van der Waals surface area contributed by atoms with Crippen molar-refractivity contribution in [1.29, 1.82) is 0 Å². The van der Waals surface area contributed by atoms with Crippen molar-refractivity contribution in [3.63, 3.8) is 0 Å². The highest BCUT2D eigenvalue weighted by Crippen LogP contribution is 2.31. The van der Waals surface area contributed by atoms with Crippen LogP contribution in [0.2, 0.25) is 0 Å². The van der Waals surface area contributed by atoms with Gasteiger partial charge in [-0.2, -0.15) is 0 Å². The molecule has 4 aromatic rings. The van der Waals surface area contributed by atoms with Gasteiger partial charge in [0.2, 0.25) is 0 Å². The minimum Gasteiger partial charge on any atom is -0.334 e. The van der Waals surface area contributed by atoms with Crippen LogP contribution in [-0.4, -0.2) is 40.1 Å². The third kappa shape index (κ3) is 4.84. The number of hydrogen-bond donors (Lipinski definition) is 3. The fourth-order valence-electron chi connectivity index (χ4n) is 3.96. The first kappa shape index (κ1) is 21.8. The number of rotatable bonds is 4. The van der Waals surface area contributed by atoms with E-state index in [1.54, 1.807) is 30.3 Å². The molecule has 172 valence electrons. The van der Waals surface area contributed by atoms with Crippen LogP contribution in [0.1, 0.15) is 12.8 Å². The average Bonchev–Trinajstić information content (AvgIpc) is 2.85. The van der Waals surface area contributed by atoms with Crippen molar-refractivity contribution in [2.75, 3.05) is 18.4 Å². The lowest BCUT2D eigenvalue weighted by molar-refractivity contribution is 0.245. The second-order valence-corrected chi connectivity index (χ2v) is 8.14. The quantitative estimate of drug-likeness (QED) is 0.417. The number of nitrogens with one attached hydrogen (secondary N) is 3. The van der Waals surface area contributed by atoms with Gasteiger partial charge in [0.25, 0.3) is 0 Å². The van der Waals surface area contributed by atoms with Crippen molar-refractivity contribution in [2.45, 2.75) is 18.9 Å². The number of amides is 2. The number of piperidine rings is 1. The van der Waals surface area contributed by atoms with E-state index in [4.69, 9.17) is 4.98 Å². The smallest absolute Gasteiger partial charge is 0.319 e. The van der Waals surface area contributed by atoms with Crippen molar-refractivity contribution in [3.05, 3.63) is 72.4 Å². The standard InChI is InChI=1S/C25H22F2N6O/c26-17-7-3-15(4-8-17)22-23(16-5-9-18(27)10-6-16)33-24-21(32-22)12-20(14-29-24)31-25(34)30-19-2-1-11-28-13-19/h3-10,12,14,19,28H,1-2,11,13H2,(H2,30,31,34). The minimum absolute atomic E-state index is 0.0744. The molecule has 7 nitrogen and oxygen atoms in total. The van der Waals surface area contributed by atoms with Gasteiger partial charge in [0.05, 0.1) is 23.3 Å². The molecule has 0 aliphatic carbocycles. The molecular weight excluding hydrogens is 438 g/mol. The summed E-state index contributed by atoms with van der Waals surface area (Å²) >= 11 is 0. The van der Waals surface area contributed by atoms with Crippen LogP contribution in [0.25, 0.3) is 33.7 Å². The van der Waals surface area contributed by atoms with E-state index in [0.29, 0.717) is 39.4 Å². The molecule has 34 heavy (non-hydrogen) atoms. The molecule has 1 aliphatic rings. The third-order valence-electron chi connectivity index (χ3n) is 5.65. The summed E-state index contributed by atoms with van der Waals surface area (Å²) in [6.07, 6.45) is 3.46. The maximum atomic E-state index is 13.5. The molecule has 1 fully saturated rings. The summed E-state index contributed by atoms with van der Waals surface area (Å²) in [5, 5.41) is 9.01. The highest BCUT2D eigenvalue weighted by Gasteiger charge is 2.17. The van der Waals surface area contributed by atoms with Crippen molar-refractivity contribution in [1.82, 2.24) is 25.6 Å². The normalized spacial score (nSPS) is 15.8. The number of nitrogens with zero attached hydrogens (tertiary/aromatic N) is 3. The van der Waals surface area contributed by atoms with E-state index in [-0.39, 0.29) is 23.7 Å². The molecule has 1 saturated heterocycles. The number of aromatic nitrogens is 3. The lowest BCUT2D eigenvalue weighted by atomic mass is 10.0. The molecule has 2 aromatic carbocycles. The first-order chi connectivity index (χ1) is 16.5. The topological polar surface area (TPSA) is 91.8 Å². The van der Waals surface area contributed by atoms with Crippen molar-refractivity contribution in [2.24, 2.45) is 0 Å².